The fourth-order valence-corrected chi connectivity index (χ4v) is 3.47. The van der Waals surface area contributed by atoms with Gasteiger partial charge in [-0.25, -0.2) is 4.39 Å². The van der Waals surface area contributed by atoms with Gasteiger partial charge in [0.05, 0.1) is 27.0 Å². The van der Waals surface area contributed by atoms with E-state index in [0.29, 0.717) is 28.0 Å². The Kier molecular flexibility index (Phi) is 6.41. The second kappa shape index (κ2) is 8.97. The molecule has 28 heavy (non-hydrogen) atoms. The first-order chi connectivity index (χ1) is 13.6. The average Bonchev–Trinajstić information content (AvgIpc) is 2.74. The van der Waals surface area contributed by atoms with Gasteiger partial charge in [0.2, 0.25) is 5.75 Å². The molecule has 150 valence electrons. The largest absolute Gasteiger partial charge is 0.493 e. The van der Waals surface area contributed by atoms with Crippen LogP contribution in [0.3, 0.4) is 0 Å². The van der Waals surface area contributed by atoms with Crippen molar-refractivity contribution >= 4 is 28.7 Å². The van der Waals surface area contributed by atoms with Crippen LogP contribution in [-0.2, 0) is 0 Å². The zero-order valence-corrected chi connectivity index (χ0v) is 17.0. The van der Waals surface area contributed by atoms with Gasteiger partial charge < -0.3 is 29.3 Å². The van der Waals surface area contributed by atoms with E-state index in [2.05, 4.69) is 10.2 Å². The Morgan fingerprint density at radius 1 is 0.964 bits per heavy atom. The van der Waals surface area contributed by atoms with Crippen LogP contribution >= 0.6 is 12.2 Å². The van der Waals surface area contributed by atoms with Crippen molar-refractivity contribution in [2.75, 3.05) is 57.7 Å². The molecule has 0 radical (unpaired) electrons. The monoisotopic (exact) mass is 405 g/mol. The van der Waals surface area contributed by atoms with E-state index in [9.17, 15) is 4.39 Å². The van der Waals surface area contributed by atoms with Crippen molar-refractivity contribution in [2.45, 2.75) is 0 Å². The number of benzene rings is 2. The standard InChI is InChI=1S/C20H24FN3O3S/c1-25-17-12-14(13-18(26-2)19(17)27-3)23-8-10-24(11-9-23)20(28)22-16-7-5-4-6-15(16)21/h4-7,12-13H,8-11H2,1-3H3,(H,22,28). The summed E-state index contributed by atoms with van der Waals surface area (Å²) in [6.07, 6.45) is 0. The van der Waals surface area contributed by atoms with Gasteiger partial charge in [0.1, 0.15) is 5.82 Å². The fraction of sp³-hybridized carbons (Fsp3) is 0.350. The second-order valence-electron chi connectivity index (χ2n) is 6.27. The van der Waals surface area contributed by atoms with Crippen LogP contribution in [0.4, 0.5) is 15.8 Å². The van der Waals surface area contributed by atoms with E-state index in [4.69, 9.17) is 26.4 Å². The molecule has 0 aromatic heterocycles. The molecule has 0 bridgehead atoms. The summed E-state index contributed by atoms with van der Waals surface area (Å²) >= 11 is 5.46. The van der Waals surface area contributed by atoms with Crippen molar-refractivity contribution in [2.24, 2.45) is 0 Å². The molecule has 0 saturated carbocycles. The van der Waals surface area contributed by atoms with Crippen molar-refractivity contribution in [1.82, 2.24) is 4.90 Å². The quantitative estimate of drug-likeness (QED) is 0.766. The molecular formula is C20H24FN3O3S. The lowest BCUT2D eigenvalue weighted by molar-refractivity contribution is 0.324. The number of para-hydroxylation sites is 1. The third kappa shape index (κ3) is 4.22. The highest BCUT2D eigenvalue weighted by atomic mass is 32.1. The van der Waals surface area contributed by atoms with E-state index in [-0.39, 0.29) is 5.82 Å². The predicted molar refractivity (Wildman–Crippen MR) is 113 cm³/mol. The number of ether oxygens (including phenoxy) is 3. The predicted octanol–water partition coefficient (Wildman–Crippen LogP) is 3.37. The minimum atomic E-state index is -0.319. The number of methoxy groups -OCH3 is 3. The van der Waals surface area contributed by atoms with E-state index < -0.39 is 0 Å². The smallest absolute Gasteiger partial charge is 0.203 e. The maximum Gasteiger partial charge on any atom is 0.203 e. The molecule has 0 spiro atoms. The lowest BCUT2D eigenvalue weighted by atomic mass is 10.2. The summed E-state index contributed by atoms with van der Waals surface area (Å²) in [7, 11) is 4.79. The highest BCUT2D eigenvalue weighted by Gasteiger charge is 2.22. The topological polar surface area (TPSA) is 46.2 Å². The lowest BCUT2D eigenvalue weighted by Crippen LogP contribution is -2.50. The van der Waals surface area contributed by atoms with Crippen molar-refractivity contribution in [3.05, 3.63) is 42.2 Å². The Labute approximate surface area is 169 Å². The summed E-state index contributed by atoms with van der Waals surface area (Å²) in [4.78, 5) is 4.27. The summed E-state index contributed by atoms with van der Waals surface area (Å²) in [5, 5.41) is 3.52. The average molecular weight is 405 g/mol. The Hall–Kier alpha value is -2.74. The first-order valence-electron chi connectivity index (χ1n) is 8.92. The molecular weight excluding hydrogens is 381 g/mol. The number of hydrogen-bond acceptors (Lipinski definition) is 5. The fourth-order valence-electron chi connectivity index (χ4n) is 3.17. The summed E-state index contributed by atoms with van der Waals surface area (Å²) < 4.78 is 30.1. The molecule has 6 nitrogen and oxygen atoms in total. The van der Waals surface area contributed by atoms with Gasteiger partial charge in [-0.1, -0.05) is 12.1 Å². The molecule has 1 saturated heterocycles. The van der Waals surface area contributed by atoms with E-state index in [1.54, 1.807) is 39.5 Å². The van der Waals surface area contributed by atoms with Crippen LogP contribution in [0.25, 0.3) is 0 Å². The van der Waals surface area contributed by atoms with Gasteiger partial charge in [-0.15, -0.1) is 0 Å². The second-order valence-corrected chi connectivity index (χ2v) is 6.65. The number of piperazine rings is 1. The normalized spacial score (nSPS) is 13.9. The number of rotatable bonds is 5. The summed E-state index contributed by atoms with van der Waals surface area (Å²) in [5.74, 6) is 1.50. The third-order valence-corrected chi connectivity index (χ3v) is 5.06. The molecule has 1 aliphatic rings. The number of hydrogen-bond donors (Lipinski definition) is 1. The van der Waals surface area contributed by atoms with Crippen LogP contribution in [0, 0.1) is 5.82 Å². The van der Waals surface area contributed by atoms with Gasteiger partial charge in [-0.2, -0.15) is 0 Å². The van der Waals surface area contributed by atoms with Gasteiger partial charge in [0.25, 0.3) is 0 Å². The highest BCUT2D eigenvalue weighted by molar-refractivity contribution is 7.80. The molecule has 8 heteroatoms. The van der Waals surface area contributed by atoms with Crippen molar-refractivity contribution < 1.29 is 18.6 Å². The first-order valence-corrected chi connectivity index (χ1v) is 9.33. The minimum Gasteiger partial charge on any atom is -0.493 e. The first kappa shape index (κ1) is 20.0. The molecule has 2 aromatic carbocycles. The van der Waals surface area contributed by atoms with E-state index in [1.807, 2.05) is 17.0 Å². The Balaban J connectivity index is 1.67. The summed E-state index contributed by atoms with van der Waals surface area (Å²) in [5.41, 5.74) is 1.38. The molecule has 1 aliphatic heterocycles. The molecule has 1 N–H and O–H groups in total. The summed E-state index contributed by atoms with van der Waals surface area (Å²) in [6.45, 7) is 2.96. The third-order valence-electron chi connectivity index (χ3n) is 4.70. The van der Waals surface area contributed by atoms with Crippen LogP contribution in [-0.4, -0.2) is 57.5 Å². The molecule has 0 atom stereocenters. The van der Waals surface area contributed by atoms with E-state index in [0.717, 1.165) is 31.9 Å². The highest BCUT2D eigenvalue weighted by Crippen LogP contribution is 2.41. The minimum absolute atomic E-state index is 0.319. The van der Waals surface area contributed by atoms with Crippen molar-refractivity contribution in [3.63, 3.8) is 0 Å². The number of nitrogens with one attached hydrogen (secondary N) is 1. The molecule has 1 fully saturated rings. The SMILES string of the molecule is COc1cc(N2CCN(C(=S)Nc3ccccc3F)CC2)cc(OC)c1OC. The Morgan fingerprint density at radius 3 is 2.11 bits per heavy atom. The summed E-state index contributed by atoms with van der Waals surface area (Å²) in [6, 6.07) is 10.4. The number of thiocarbonyl (C=S) groups is 1. The van der Waals surface area contributed by atoms with Crippen LogP contribution in [0.1, 0.15) is 0 Å². The van der Waals surface area contributed by atoms with Crippen LogP contribution in [0.15, 0.2) is 36.4 Å². The van der Waals surface area contributed by atoms with Gasteiger partial charge >= 0.3 is 0 Å². The lowest BCUT2D eigenvalue weighted by Gasteiger charge is -2.37. The number of anilines is 2. The van der Waals surface area contributed by atoms with Crippen LogP contribution in [0.2, 0.25) is 0 Å². The number of nitrogens with zero attached hydrogens (tertiary/aromatic N) is 2. The van der Waals surface area contributed by atoms with Gasteiger partial charge in [-0.3, -0.25) is 0 Å². The Bertz CT molecular complexity index is 816. The van der Waals surface area contributed by atoms with Crippen LogP contribution < -0.4 is 24.4 Å². The van der Waals surface area contributed by atoms with Crippen LogP contribution in [0.5, 0.6) is 17.2 Å². The maximum absolute atomic E-state index is 13.8. The molecule has 0 aliphatic carbocycles. The maximum atomic E-state index is 13.8. The molecule has 1 heterocycles. The van der Waals surface area contributed by atoms with Gasteiger partial charge in [-0.05, 0) is 24.4 Å². The van der Waals surface area contributed by atoms with Crippen molar-refractivity contribution in [3.8, 4) is 17.2 Å². The molecule has 0 unspecified atom stereocenters. The molecule has 3 rings (SSSR count). The van der Waals surface area contributed by atoms with Crippen molar-refractivity contribution in [1.29, 1.82) is 0 Å². The van der Waals surface area contributed by atoms with Gasteiger partial charge in [0.15, 0.2) is 16.6 Å². The van der Waals surface area contributed by atoms with E-state index in [1.165, 1.54) is 6.07 Å². The molecule has 0 amide bonds. The van der Waals surface area contributed by atoms with Gasteiger partial charge in [0, 0.05) is 44.0 Å². The van der Waals surface area contributed by atoms with E-state index >= 15 is 0 Å². The zero-order chi connectivity index (χ0) is 20.1. The zero-order valence-electron chi connectivity index (χ0n) is 16.2. The molecule has 2 aromatic rings. The number of halogens is 1. The Morgan fingerprint density at radius 2 is 1.57 bits per heavy atom.